The van der Waals surface area contributed by atoms with Crippen molar-refractivity contribution in [3.8, 4) is 0 Å². The van der Waals surface area contributed by atoms with Gasteiger partial charge in [0.1, 0.15) is 0 Å². The fraction of sp³-hybridized carbons (Fsp3) is 0.647. The van der Waals surface area contributed by atoms with Crippen LogP contribution in [0.1, 0.15) is 43.2 Å². The van der Waals surface area contributed by atoms with Crippen molar-refractivity contribution in [3.63, 3.8) is 0 Å². The van der Waals surface area contributed by atoms with E-state index in [2.05, 4.69) is 0 Å². The lowest BCUT2D eigenvalue weighted by molar-refractivity contribution is -0.137. The highest BCUT2D eigenvalue weighted by Crippen LogP contribution is 2.32. The molecule has 124 valence electrons. The molecule has 0 atom stereocenters. The molecule has 0 unspecified atom stereocenters. The Kier molecular flexibility index (Phi) is 6.50. The van der Waals surface area contributed by atoms with Crippen molar-refractivity contribution in [2.75, 3.05) is 12.8 Å². The lowest BCUT2D eigenvalue weighted by Crippen LogP contribution is -2.19. The van der Waals surface area contributed by atoms with E-state index in [4.69, 9.17) is 4.74 Å². The standard InChI is InChI=1S/C17H25F3OSi/c18-17(19,20)16-9-7-14(8-10-16)2-1-13-3-5-15(6-4-13)11-21-12-22/h7-10,13,15H,1-6,11-12H2,22H3. The van der Waals surface area contributed by atoms with Crippen LogP contribution in [0.15, 0.2) is 24.3 Å². The molecule has 0 N–H and O–H groups in total. The number of benzene rings is 1. The summed E-state index contributed by atoms with van der Waals surface area (Å²) < 4.78 is 43.1. The van der Waals surface area contributed by atoms with E-state index in [-0.39, 0.29) is 0 Å². The van der Waals surface area contributed by atoms with Crippen molar-refractivity contribution in [2.24, 2.45) is 11.8 Å². The van der Waals surface area contributed by atoms with E-state index in [1.165, 1.54) is 37.8 Å². The number of aryl methyl sites for hydroxylation is 1. The number of alkyl halides is 3. The maximum Gasteiger partial charge on any atom is 0.416 e. The van der Waals surface area contributed by atoms with Gasteiger partial charge in [-0.1, -0.05) is 25.0 Å². The lowest BCUT2D eigenvalue weighted by Gasteiger charge is -2.28. The minimum atomic E-state index is -4.24. The van der Waals surface area contributed by atoms with Crippen molar-refractivity contribution in [2.45, 2.75) is 44.7 Å². The van der Waals surface area contributed by atoms with Gasteiger partial charge in [0.2, 0.25) is 0 Å². The number of ether oxygens (including phenoxy) is 1. The van der Waals surface area contributed by atoms with Crippen LogP contribution < -0.4 is 0 Å². The second kappa shape index (κ2) is 8.16. The highest BCUT2D eigenvalue weighted by molar-refractivity contribution is 6.08. The predicted molar refractivity (Wildman–Crippen MR) is 86.0 cm³/mol. The molecule has 1 fully saturated rings. The predicted octanol–water partition coefficient (Wildman–Crippen LogP) is 3.78. The fourth-order valence-electron chi connectivity index (χ4n) is 3.20. The van der Waals surface area contributed by atoms with Gasteiger partial charge in [0, 0.05) is 23.1 Å². The van der Waals surface area contributed by atoms with Crippen LogP contribution in [0.3, 0.4) is 0 Å². The first-order valence-electron chi connectivity index (χ1n) is 8.23. The number of hydrogen-bond donors (Lipinski definition) is 0. The maximum atomic E-state index is 12.5. The summed E-state index contributed by atoms with van der Waals surface area (Å²) in [4.78, 5) is 0. The Bertz CT molecular complexity index is 436. The van der Waals surface area contributed by atoms with E-state index < -0.39 is 11.7 Å². The van der Waals surface area contributed by atoms with Crippen LogP contribution in [0.2, 0.25) is 0 Å². The molecule has 1 aromatic rings. The summed E-state index contributed by atoms with van der Waals surface area (Å²) in [6.07, 6.45) is 3.59. The Hall–Kier alpha value is -0.813. The van der Waals surface area contributed by atoms with Crippen LogP contribution in [0.25, 0.3) is 0 Å². The highest BCUT2D eigenvalue weighted by Gasteiger charge is 2.30. The molecule has 1 aromatic carbocycles. The maximum absolute atomic E-state index is 12.5. The molecule has 0 heterocycles. The van der Waals surface area contributed by atoms with Gasteiger partial charge in [-0.15, -0.1) is 0 Å². The van der Waals surface area contributed by atoms with Gasteiger partial charge in [0.15, 0.2) is 0 Å². The van der Waals surface area contributed by atoms with Gasteiger partial charge in [-0.05, 0) is 55.2 Å². The topological polar surface area (TPSA) is 9.23 Å². The van der Waals surface area contributed by atoms with Crippen LogP contribution in [-0.4, -0.2) is 23.1 Å². The number of rotatable bonds is 6. The zero-order chi connectivity index (χ0) is 16.0. The second-order valence-corrected chi connectivity index (χ2v) is 6.86. The van der Waals surface area contributed by atoms with E-state index in [0.717, 1.165) is 53.3 Å². The van der Waals surface area contributed by atoms with Crippen molar-refractivity contribution in [1.29, 1.82) is 0 Å². The Morgan fingerprint density at radius 2 is 1.59 bits per heavy atom. The minimum Gasteiger partial charge on any atom is -0.386 e. The normalized spacial score (nSPS) is 22.9. The van der Waals surface area contributed by atoms with E-state index in [1.807, 2.05) is 0 Å². The van der Waals surface area contributed by atoms with Crippen LogP contribution in [0.5, 0.6) is 0 Å². The summed E-state index contributed by atoms with van der Waals surface area (Å²) in [6.45, 7) is 0.912. The summed E-state index contributed by atoms with van der Waals surface area (Å²) in [5.41, 5.74) is 0.449. The third-order valence-corrected chi connectivity index (χ3v) is 5.05. The van der Waals surface area contributed by atoms with E-state index >= 15 is 0 Å². The van der Waals surface area contributed by atoms with Crippen molar-refractivity contribution >= 4 is 10.2 Å². The van der Waals surface area contributed by atoms with Gasteiger partial charge in [-0.3, -0.25) is 0 Å². The molecule has 0 bridgehead atoms. The van der Waals surface area contributed by atoms with Gasteiger partial charge in [-0.25, -0.2) is 0 Å². The molecular formula is C17H25F3OSi. The summed E-state index contributed by atoms with van der Waals surface area (Å²) >= 11 is 0. The first kappa shape index (κ1) is 17.5. The Labute approximate surface area is 133 Å². The third-order valence-electron chi connectivity index (χ3n) is 4.65. The molecule has 2 rings (SSSR count). The van der Waals surface area contributed by atoms with Crippen LogP contribution in [-0.2, 0) is 17.3 Å². The van der Waals surface area contributed by atoms with Gasteiger partial charge in [-0.2, -0.15) is 13.2 Å². The average molecular weight is 330 g/mol. The molecule has 0 aromatic heterocycles. The first-order chi connectivity index (χ1) is 10.5. The summed E-state index contributed by atoms with van der Waals surface area (Å²) in [5.74, 6) is 1.44. The third kappa shape index (κ3) is 5.43. The molecule has 1 nitrogen and oxygen atoms in total. The molecule has 0 amide bonds. The van der Waals surface area contributed by atoms with E-state index in [0.29, 0.717) is 0 Å². The monoisotopic (exact) mass is 330 g/mol. The van der Waals surface area contributed by atoms with Crippen molar-refractivity contribution in [1.82, 2.24) is 0 Å². The second-order valence-electron chi connectivity index (χ2n) is 6.28. The van der Waals surface area contributed by atoms with Gasteiger partial charge < -0.3 is 4.74 Å². The van der Waals surface area contributed by atoms with Gasteiger partial charge in [0.25, 0.3) is 0 Å². The van der Waals surface area contributed by atoms with Crippen molar-refractivity contribution < 1.29 is 17.9 Å². The quantitative estimate of drug-likeness (QED) is 0.721. The Morgan fingerprint density at radius 3 is 2.14 bits per heavy atom. The molecule has 0 saturated heterocycles. The van der Waals surface area contributed by atoms with Crippen LogP contribution in [0, 0.1) is 11.8 Å². The molecule has 0 radical (unpaired) electrons. The Morgan fingerprint density at radius 1 is 1.00 bits per heavy atom. The SMILES string of the molecule is FC(F)(F)c1ccc(CCC2CCC(COC[SiH3])CC2)cc1. The van der Waals surface area contributed by atoms with Crippen LogP contribution >= 0.6 is 0 Å². The smallest absolute Gasteiger partial charge is 0.386 e. The van der Waals surface area contributed by atoms with Gasteiger partial charge >= 0.3 is 6.18 Å². The van der Waals surface area contributed by atoms with E-state index in [9.17, 15) is 13.2 Å². The summed E-state index contributed by atoms with van der Waals surface area (Å²) in [6, 6.07) is 5.62. The number of halogens is 3. The highest BCUT2D eigenvalue weighted by atomic mass is 28.1. The molecule has 0 spiro atoms. The first-order valence-corrected chi connectivity index (χ1v) is 9.64. The largest absolute Gasteiger partial charge is 0.416 e. The zero-order valence-corrected chi connectivity index (χ0v) is 15.2. The molecule has 0 aliphatic heterocycles. The van der Waals surface area contributed by atoms with Crippen molar-refractivity contribution in [3.05, 3.63) is 35.4 Å². The van der Waals surface area contributed by atoms with Gasteiger partial charge in [0.05, 0.1) is 5.56 Å². The molecule has 1 saturated carbocycles. The molecular weight excluding hydrogens is 305 g/mol. The molecule has 5 heteroatoms. The number of hydrogen-bond acceptors (Lipinski definition) is 1. The minimum absolute atomic E-state index is 0.559. The molecule has 1 aliphatic carbocycles. The average Bonchev–Trinajstić information content (AvgIpc) is 2.51. The van der Waals surface area contributed by atoms with E-state index in [1.54, 1.807) is 12.1 Å². The zero-order valence-electron chi connectivity index (χ0n) is 13.2. The molecule has 1 aliphatic rings. The molecule has 22 heavy (non-hydrogen) atoms. The fourth-order valence-corrected chi connectivity index (χ4v) is 3.44. The Balaban J connectivity index is 1.73. The summed E-state index contributed by atoms with van der Waals surface area (Å²) in [5, 5.41) is 0. The summed E-state index contributed by atoms with van der Waals surface area (Å²) in [7, 11) is 1.11. The van der Waals surface area contributed by atoms with Crippen LogP contribution in [0.4, 0.5) is 13.2 Å². The lowest BCUT2D eigenvalue weighted by atomic mass is 9.80.